The zero-order valence-electron chi connectivity index (χ0n) is 11.3. The van der Waals surface area contributed by atoms with Crippen LogP contribution in [0.3, 0.4) is 0 Å². The van der Waals surface area contributed by atoms with Crippen molar-refractivity contribution in [3.8, 4) is 0 Å². The van der Waals surface area contributed by atoms with Crippen LogP contribution in [0.1, 0.15) is 27.7 Å². The molecule has 0 aromatic carbocycles. The fourth-order valence-corrected chi connectivity index (χ4v) is 1.45. The van der Waals surface area contributed by atoms with Crippen LogP contribution in [0.15, 0.2) is 0 Å². The van der Waals surface area contributed by atoms with E-state index in [4.69, 9.17) is 9.79 Å². The third-order valence-electron chi connectivity index (χ3n) is 1.47. The first-order chi connectivity index (χ1) is 6.93. The minimum Gasteiger partial charge on any atom is -0.344 e. The van der Waals surface area contributed by atoms with Crippen molar-refractivity contribution in [2.75, 3.05) is 25.5 Å². The zero-order chi connectivity index (χ0) is 12.3. The molecule has 0 amide bonds. The molecule has 0 aromatic rings. The lowest BCUT2D eigenvalue weighted by Crippen LogP contribution is -1.87. The highest BCUT2D eigenvalue weighted by Gasteiger charge is 2.08. The fourth-order valence-electron chi connectivity index (χ4n) is 0.482. The van der Waals surface area contributed by atoms with Gasteiger partial charge in [-0.15, -0.1) is 0 Å². The highest BCUT2D eigenvalue weighted by atomic mass is 31.2. The maximum Gasteiger partial charge on any atom is 0.329 e. The van der Waals surface area contributed by atoms with Gasteiger partial charge < -0.3 is 31.1 Å². The van der Waals surface area contributed by atoms with Gasteiger partial charge in [-0.2, -0.15) is 0 Å². The summed E-state index contributed by atoms with van der Waals surface area (Å²) >= 11 is 0. The van der Waals surface area contributed by atoms with Crippen molar-refractivity contribution >= 4 is 16.0 Å². The maximum atomic E-state index is 10.5. The Bertz CT molecular complexity index is 171. The zero-order valence-corrected chi connectivity index (χ0v) is 13.0. The molecule has 0 rings (SSSR count). The van der Waals surface area contributed by atoms with Gasteiger partial charge in [0.05, 0.1) is 13.2 Å². The summed E-state index contributed by atoms with van der Waals surface area (Å²) in [4.78, 5) is 17.4. The van der Waals surface area contributed by atoms with Crippen LogP contribution in [0.4, 0.5) is 0 Å². The van der Waals surface area contributed by atoms with Crippen molar-refractivity contribution < 1.29 is 23.4 Å². The van der Waals surface area contributed by atoms with Crippen molar-refractivity contribution in [2.24, 2.45) is 0 Å². The van der Waals surface area contributed by atoms with Crippen LogP contribution < -0.4 is 12.3 Å². The Morgan fingerprint density at radius 3 is 1.41 bits per heavy atom. The molecule has 0 atom stereocenters. The third-order valence-corrected chi connectivity index (χ3v) is 4.40. The molecule has 0 aliphatic heterocycles. The van der Waals surface area contributed by atoms with E-state index in [1.54, 1.807) is 13.8 Å². The van der Waals surface area contributed by atoms with Gasteiger partial charge in [-0.05, 0) is 13.8 Å². The topological polar surface area (TPSA) is 146 Å². The first kappa shape index (κ1) is 26.1. The molecule has 0 radical (unpaired) electrons. The molecule has 9 heteroatoms. The first-order valence-corrected chi connectivity index (χ1v) is 8.15. The third kappa shape index (κ3) is 22.1. The van der Waals surface area contributed by atoms with Crippen LogP contribution in [-0.4, -0.2) is 35.3 Å². The Balaban J connectivity index is -0.0000000896. The van der Waals surface area contributed by atoms with Gasteiger partial charge in [-0.25, -0.2) is 0 Å². The van der Waals surface area contributed by atoms with Gasteiger partial charge in [0.1, 0.15) is 0 Å². The van der Waals surface area contributed by atoms with E-state index in [9.17, 15) is 4.57 Å². The summed E-state index contributed by atoms with van der Waals surface area (Å²) in [6.07, 6.45) is 0.812. The molecule has 0 aliphatic carbocycles. The Morgan fingerprint density at radius 2 is 1.29 bits per heavy atom. The minimum atomic E-state index is -2.65. The van der Waals surface area contributed by atoms with Gasteiger partial charge in [0.25, 0.3) is 0 Å². The fraction of sp³-hybridized carbons (Fsp3) is 1.00. The second-order valence-corrected chi connectivity index (χ2v) is 6.50. The Morgan fingerprint density at radius 1 is 1.00 bits per heavy atom. The van der Waals surface area contributed by atoms with Crippen LogP contribution in [0.5, 0.6) is 0 Å². The SMILES string of the molecule is CCOP(O)OCC.CCP(=O)(O)CC.N.N. The van der Waals surface area contributed by atoms with E-state index in [1.165, 1.54) is 0 Å². The summed E-state index contributed by atoms with van der Waals surface area (Å²) in [5.74, 6) is 0. The lowest BCUT2D eigenvalue weighted by Gasteiger charge is -2.05. The molecule has 17 heavy (non-hydrogen) atoms. The molecule has 0 aliphatic rings. The van der Waals surface area contributed by atoms with E-state index < -0.39 is 16.0 Å². The van der Waals surface area contributed by atoms with Crippen molar-refractivity contribution in [3.63, 3.8) is 0 Å². The molecule has 0 unspecified atom stereocenters. The second-order valence-electron chi connectivity index (χ2n) is 2.55. The molecule has 0 fully saturated rings. The molecular weight excluding hydrogens is 266 g/mol. The van der Waals surface area contributed by atoms with Gasteiger partial charge in [-0.1, -0.05) is 13.8 Å². The predicted molar refractivity (Wildman–Crippen MR) is 73.3 cm³/mol. The molecule has 8 N–H and O–H groups in total. The quantitative estimate of drug-likeness (QED) is 0.550. The summed E-state index contributed by atoms with van der Waals surface area (Å²) in [5.41, 5.74) is 0. The monoisotopic (exact) mass is 294 g/mol. The summed E-state index contributed by atoms with van der Waals surface area (Å²) in [6, 6.07) is 0. The average Bonchev–Trinajstić information content (AvgIpc) is 2.20. The molecule has 110 valence electrons. The van der Waals surface area contributed by atoms with Crippen molar-refractivity contribution in [3.05, 3.63) is 0 Å². The van der Waals surface area contributed by atoms with E-state index in [0.29, 0.717) is 25.5 Å². The van der Waals surface area contributed by atoms with Crippen molar-refractivity contribution in [1.82, 2.24) is 12.3 Å². The van der Waals surface area contributed by atoms with Crippen LogP contribution >= 0.6 is 16.0 Å². The van der Waals surface area contributed by atoms with Crippen molar-refractivity contribution in [1.29, 1.82) is 0 Å². The summed E-state index contributed by atoms with van der Waals surface area (Å²) < 4.78 is 19.9. The lowest BCUT2D eigenvalue weighted by atomic mass is 10.9. The second kappa shape index (κ2) is 16.4. The predicted octanol–water partition coefficient (Wildman–Crippen LogP) is 2.90. The number of hydrogen-bond donors (Lipinski definition) is 4. The standard InChI is InChI=1S/C4H11O3P.C4H11O2P.2H3N/c1-3-6-8(5)7-4-2;1-3-7(5,6)4-2;;/h5H,3-4H2,1-2H3;3-4H2,1-2H3,(H,5,6);2*1H3. The number of rotatable bonds is 6. The summed E-state index contributed by atoms with van der Waals surface area (Å²) in [6.45, 7) is 8.08. The van der Waals surface area contributed by atoms with Gasteiger partial charge in [0.2, 0.25) is 0 Å². The van der Waals surface area contributed by atoms with Gasteiger partial charge in [-0.3, -0.25) is 4.57 Å². The van der Waals surface area contributed by atoms with Crippen LogP contribution in [-0.2, 0) is 13.6 Å². The highest BCUT2D eigenvalue weighted by Crippen LogP contribution is 2.38. The first-order valence-electron chi connectivity index (χ1n) is 4.99. The minimum absolute atomic E-state index is 0. The molecule has 0 spiro atoms. The largest absolute Gasteiger partial charge is 0.344 e. The van der Waals surface area contributed by atoms with Gasteiger partial charge in [0, 0.05) is 12.3 Å². The van der Waals surface area contributed by atoms with Crippen molar-refractivity contribution in [2.45, 2.75) is 27.7 Å². The molecule has 0 saturated carbocycles. The summed E-state index contributed by atoms with van der Waals surface area (Å²) in [5, 5.41) is 0. The molecular formula is C8H28N2O5P2. The van der Waals surface area contributed by atoms with E-state index in [0.717, 1.165) is 0 Å². The lowest BCUT2D eigenvalue weighted by molar-refractivity contribution is 0.216. The Labute approximate surface area is 106 Å². The number of hydrogen-bond acceptors (Lipinski definition) is 6. The van der Waals surface area contributed by atoms with E-state index in [2.05, 4.69) is 9.05 Å². The van der Waals surface area contributed by atoms with Gasteiger partial charge >= 0.3 is 8.60 Å². The van der Waals surface area contributed by atoms with E-state index in [1.807, 2.05) is 13.8 Å². The summed E-state index contributed by atoms with van der Waals surface area (Å²) in [7, 11) is -4.24. The van der Waals surface area contributed by atoms with Crippen LogP contribution in [0.2, 0.25) is 0 Å². The Kier molecular flexibility index (Phi) is 25.2. The smallest absolute Gasteiger partial charge is 0.329 e. The molecule has 0 bridgehead atoms. The molecule has 0 saturated heterocycles. The molecule has 7 nitrogen and oxygen atoms in total. The van der Waals surface area contributed by atoms with E-state index in [-0.39, 0.29) is 12.3 Å². The van der Waals surface area contributed by atoms with Crippen LogP contribution in [0, 0.1) is 0 Å². The van der Waals surface area contributed by atoms with E-state index >= 15 is 0 Å². The van der Waals surface area contributed by atoms with Gasteiger partial charge in [0.15, 0.2) is 7.37 Å². The molecule has 0 aromatic heterocycles. The maximum absolute atomic E-state index is 10.5. The van der Waals surface area contributed by atoms with Crippen LogP contribution in [0.25, 0.3) is 0 Å². The highest BCUT2D eigenvalue weighted by molar-refractivity contribution is 7.57. The molecule has 0 heterocycles. The normalized spacial score (nSPS) is 9.82. The Hall–Kier alpha value is 0.420. The average molecular weight is 294 g/mol.